The van der Waals surface area contributed by atoms with Crippen LogP contribution in [-0.4, -0.2) is 42.4 Å². The van der Waals surface area contributed by atoms with E-state index in [1.807, 2.05) is 41.3 Å². The lowest BCUT2D eigenvalue weighted by Crippen LogP contribution is -2.48. The van der Waals surface area contributed by atoms with Crippen LogP contribution in [0.4, 0.5) is 0 Å². The molecular formula is C18H19BrN2OS. The van der Waals surface area contributed by atoms with Gasteiger partial charge in [-0.15, -0.1) is 11.3 Å². The molecule has 1 unspecified atom stereocenters. The Labute approximate surface area is 149 Å². The van der Waals surface area contributed by atoms with E-state index in [-0.39, 0.29) is 11.9 Å². The summed E-state index contributed by atoms with van der Waals surface area (Å²) in [7, 11) is 2.11. The van der Waals surface area contributed by atoms with Crippen molar-refractivity contribution in [3.63, 3.8) is 0 Å². The molecule has 0 aliphatic carbocycles. The van der Waals surface area contributed by atoms with Crippen LogP contribution in [0, 0.1) is 0 Å². The Morgan fingerprint density at radius 2 is 2.00 bits per heavy atom. The van der Waals surface area contributed by atoms with E-state index in [4.69, 9.17) is 0 Å². The molecule has 0 N–H and O–H groups in total. The molecule has 1 aromatic carbocycles. The molecule has 0 spiro atoms. The summed E-state index contributed by atoms with van der Waals surface area (Å²) in [6.45, 7) is 2.54. The van der Waals surface area contributed by atoms with Crippen molar-refractivity contribution in [2.45, 2.75) is 6.04 Å². The second-order valence-electron chi connectivity index (χ2n) is 5.70. The van der Waals surface area contributed by atoms with Gasteiger partial charge >= 0.3 is 0 Å². The Kier molecular flexibility index (Phi) is 5.30. The Balaban J connectivity index is 1.78. The lowest BCUT2D eigenvalue weighted by molar-refractivity contribution is -0.130. The van der Waals surface area contributed by atoms with Gasteiger partial charge in [-0.2, -0.15) is 0 Å². The van der Waals surface area contributed by atoms with E-state index in [1.165, 1.54) is 5.56 Å². The fourth-order valence-electron chi connectivity index (χ4n) is 2.81. The molecule has 1 aromatic heterocycles. The van der Waals surface area contributed by atoms with Crippen LogP contribution in [0.25, 0.3) is 6.08 Å². The summed E-state index contributed by atoms with van der Waals surface area (Å²) < 4.78 is 1.08. The third-order valence-electron chi connectivity index (χ3n) is 4.04. The molecule has 0 bridgehead atoms. The number of benzene rings is 1. The largest absolute Gasteiger partial charge is 0.330 e. The lowest BCUT2D eigenvalue weighted by atomic mass is 10.0. The minimum Gasteiger partial charge on any atom is -0.330 e. The van der Waals surface area contributed by atoms with Crippen LogP contribution < -0.4 is 0 Å². The van der Waals surface area contributed by atoms with Crippen molar-refractivity contribution >= 4 is 39.2 Å². The summed E-state index contributed by atoms with van der Waals surface area (Å²) in [6, 6.07) is 14.4. The molecule has 1 aliphatic rings. The van der Waals surface area contributed by atoms with E-state index in [0.717, 1.165) is 28.3 Å². The van der Waals surface area contributed by atoms with Gasteiger partial charge in [0.25, 0.3) is 0 Å². The van der Waals surface area contributed by atoms with E-state index in [1.54, 1.807) is 17.4 Å². The van der Waals surface area contributed by atoms with Crippen LogP contribution in [0.1, 0.15) is 16.5 Å². The molecular weight excluding hydrogens is 372 g/mol. The molecule has 1 atom stereocenters. The van der Waals surface area contributed by atoms with Gasteiger partial charge in [0.05, 0.1) is 9.83 Å². The zero-order valence-corrected chi connectivity index (χ0v) is 15.4. The van der Waals surface area contributed by atoms with Gasteiger partial charge in [0.15, 0.2) is 0 Å². The number of amides is 1. The van der Waals surface area contributed by atoms with Crippen molar-refractivity contribution in [3.8, 4) is 0 Å². The van der Waals surface area contributed by atoms with Crippen LogP contribution in [-0.2, 0) is 4.79 Å². The first-order valence-electron chi connectivity index (χ1n) is 7.61. The van der Waals surface area contributed by atoms with Gasteiger partial charge in [0, 0.05) is 30.6 Å². The molecule has 0 saturated carbocycles. The number of piperazine rings is 1. The first-order valence-corrected chi connectivity index (χ1v) is 9.22. The van der Waals surface area contributed by atoms with Crippen molar-refractivity contribution in [1.29, 1.82) is 0 Å². The van der Waals surface area contributed by atoms with E-state index in [9.17, 15) is 4.79 Å². The topological polar surface area (TPSA) is 23.6 Å². The number of rotatable bonds is 3. The van der Waals surface area contributed by atoms with Gasteiger partial charge in [0.1, 0.15) is 0 Å². The molecule has 1 aliphatic heterocycles. The summed E-state index contributed by atoms with van der Waals surface area (Å²) in [5.74, 6) is 0.0801. The number of likely N-dealkylation sites (N-methyl/N-ethyl adjacent to an activating group) is 1. The van der Waals surface area contributed by atoms with Crippen LogP contribution >= 0.6 is 27.3 Å². The van der Waals surface area contributed by atoms with Crippen molar-refractivity contribution in [3.05, 3.63) is 62.8 Å². The van der Waals surface area contributed by atoms with E-state index in [0.29, 0.717) is 0 Å². The summed E-state index contributed by atoms with van der Waals surface area (Å²) in [5, 5.41) is 0. The van der Waals surface area contributed by atoms with Crippen molar-refractivity contribution in [2.75, 3.05) is 26.7 Å². The maximum Gasteiger partial charge on any atom is 0.247 e. The highest BCUT2D eigenvalue weighted by Gasteiger charge is 2.28. The number of thiophene rings is 1. The highest BCUT2D eigenvalue weighted by atomic mass is 79.9. The van der Waals surface area contributed by atoms with Gasteiger partial charge in [0.2, 0.25) is 5.91 Å². The van der Waals surface area contributed by atoms with E-state index >= 15 is 0 Å². The van der Waals surface area contributed by atoms with Crippen LogP contribution in [0.15, 0.2) is 52.3 Å². The van der Waals surface area contributed by atoms with Gasteiger partial charge < -0.3 is 9.80 Å². The zero-order valence-electron chi connectivity index (χ0n) is 13.0. The molecule has 2 aromatic rings. The zero-order chi connectivity index (χ0) is 16.2. The first kappa shape index (κ1) is 16.4. The van der Waals surface area contributed by atoms with Crippen molar-refractivity contribution in [1.82, 2.24) is 9.80 Å². The molecule has 0 radical (unpaired) electrons. The third kappa shape index (κ3) is 4.10. The van der Waals surface area contributed by atoms with E-state index in [2.05, 4.69) is 40.0 Å². The Morgan fingerprint density at radius 1 is 1.22 bits per heavy atom. The predicted molar refractivity (Wildman–Crippen MR) is 99.4 cm³/mol. The molecule has 120 valence electrons. The second kappa shape index (κ2) is 7.43. The standard InChI is InChI=1S/C18H19BrN2OS/c1-20-11-12-21(16(13-20)14-5-3-2-4-6-14)18(22)10-8-15-7-9-17(19)23-15/h2-10,16H,11-13H2,1H3/b10-8+. The van der Waals surface area contributed by atoms with Crippen molar-refractivity contribution < 1.29 is 4.79 Å². The van der Waals surface area contributed by atoms with Crippen LogP contribution in [0.2, 0.25) is 0 Å². The average molecular weight is 391 g/mol. The highest BCUT2D eigenvalue weighted by molar-refractivity contribution is 9.11. The molecule has 3 nitrogen and oxygen atoms in total. The molecule has 1 amide bonds. The first-order chi connectivity index (χ1) is 11.1. The van der Waals surface area contributed by atoms with Gasteiger partial charge in [-0.3, -0.25) is 4.79 Å². The quantitative estimate of drug-likeness (QED) is 0.738. The van der Waals surface area contributed by atoms with Gasteiger partial charge in [-0.1, -0.05) is 30.3 Å². The third-order valence-corrected chi connectivity index (χ3v) is 5.62. The molecule has 1 saturated heterocycles. The van der Waals surface area contributed by atoms with Gasteiger partial charge in [-0.05, 0) is 46.7 Å². The summed E-state index contributed by atoms with van der Waals surface area (Å²) in [6.07, 6.45) is 3.59. The number of halogens is 1. The maximum atomic E-state index is 12.7. The van der Waals surface area contributed by atoms with Crippen molar-refractivity contribution in [2.24, 2.45) is 0 Å². The number of nitrogens with zero attached hydrogens (tertiary/aromatic N) is 2. The maximum absolute atomic E-state index is 12.7. The molecule has 2 heterocycles. The minimum absolute atomic E-state index is 0.0801. The van der Waals surface area contributed by atoms with Gasteiger partial charge in [-0.25, -0.2) is 0 Å². The lowest BCUT2D eigenvalue weighted by Gasteiger charge is -2.39. The number of hydrogen-bond acceptors (Lipinski definition) is 3. The predicted octanol–water partition coefficient (Wildman–Crippen LogP) is 4.04. The molecule has 3 rings (SSSR count). The summed E-state index contributed by atoms with van der Waals surface area (Å²) >= 11 is 5.07. The number of hydrogen-bond donors (Lipinski definition) is 0. The van der Waals surface area contributed by atoms with Crippen LogP contribution in [0.3, 0.4) is 0 Å². The minimum atomic E-state index is 0.0801. The number of carbonyl (C=O) groups excluding carboxylic acids is 1. The smallest absolute Gasteiger partial charge is 0.247 e. The highest BCUT2D eigenvalue weighted by Crippen LogP contribution is 2.26. The molecule has 23 heavy (non-hydrogen) atoms. The van der Waals surface area contributed by atoms with Crippen LogP contribution in [0.5, 0.6) is 0 Å². The summed E-state index contributed by atoms with van der Waals surface area (Å²) in [5.41, 5.74) is 1.19. The monoisotopic (exact) mass is 390 g/mol. The number of carbonyl (C=O) groups is 1. The molecule has 1 fully saturated rings. The Bertz CT molecular complexity index is 698. The normalized spacial score (nSPS) is 19.4. The van der Waals surface area contributed by atoms with E-state index < -0.39 is 0 Å². The Morgan fingerprint density at radius 3 is 2.70 bits per heavy atom. The second-order valence-corrected chi connectivity index (χ2v) is 8.19. The Hall–Kier alpha value is -1.43. The molecule has 5 heteroatoms. The summed E-state index contributed by atoms with van der Waals surface area (Å²) in [4.78, 5) is 18.0. The fraction of sp³-hybridized carbons (Fsp3) is 0.278. The average Bonchev–Trinajstić information content (AvgIpc) is 2.99. The fourth-order valence-corrected chi connectivity index (χ4v) is 4.14. The SMILES string of the molecule is CN1CCN(C(=O)/C=C/c2ccc(Br)s2)C(c2ccccc2)C1.